The van der Waals surface area contributed by atoms with Gasteiger partial charge in [-0.1, -0.05) is 66.4 Å². The molecule has 0 spiro atoms. The summed E-state index contributed by atoms with van der Waals surface area (Å²) in [6.07, 6.45) is 0. The fourth-order valence-corrected chi connectivity index (χ4v) is 4.09. The first-order valence-corrected chi connectivity index (χ1v) is 8.32. The number of hydrogen-bond acceptors (Lipinski definition) is 6. The van der Waals surface area contributed by atoms with Gasteiger partial charge in [0.2, 0.25) is 0 Å². The zero-order valence-corrected chi connectivity index (χ0v) is 14.5. The van der Waals surface area contributed by atoms with Crippen molar-refractivity contribution in [3.8, 4) is 0 Å². The van der Waals surface area contributed by atoms with Gasteiger partial charge in [-0.15, -0.1) is 0 Å². The van der Waals surface area contributed by atoms with E-state index in [-0.39, 0.29) is 10.5 Å². The Balaban J connectivity index is 2.31. The first-order valence-electron chi connectivity index (χ1n) is 7.50. The van der Waals surface area contributed by atoms with Crippen molar-refractivity contribution in [3.63, 3.8) is 0 Å². The molecule has 0 aliphatic carbocycles. The summed E-state index contributed by atoms with van der Waals surface area (Å²) < 4.78 is 9.67. The third-order valence-corrected chi connectivity index (χ3v) is 5.29. The molecule has 1 atom stereocenters. The number of rotatable bonds is 3. The molecule has 0 bridgehead atoms. The molecule has 2 aromatic rings. The number of methoxy groups -OCH3 is 2. The predicted octanol–water partition coefficient (Wildman–Crippen LogP) is 2.68. The summed E-state index contributed by atoms with van der Waals surface area (Å²) in [4.78, 5) is 23.1. The van der Waals surface area contributed by atoms with Crippen molar-refractivity contribution in [1.29, 1.82) is 0 Å². The fourth-order valence-electron chi connectivity index (χ4n) is 2.79. The number of esters is 2. The zero-order valence-electron chi connectivity index (χ0n) is 13.7. The summed E-state index contributed by atoms with van der Waals surface area (Å²) in [7, 11) is 2.47. The number of carbonyl (C=O) groups excluding carboxylic acids is 2. The van der Waals surface area contributed by atoms with Crippen LogP contribution in [0.25, 0.3) is 5.57 Å². The maximum Gasteiger partial charge on any atom is 0.345 e. The molecule has 6 heteroatoms. The molecule has 1 aliphatic heterocycles. The van der Waals surface area contributed by atoms with Crippen LogP contribution in [0.4, 0.5) is 0 Å². The fraction of sp³-hybridized carbons (Fsp3) is 0.158. The van der Waals surface area contributed by atoms with E-state index in [2.05, 4.69) is 0 Å². The standard InChI is InChI=1S/C19H16O5S/c1-23-17(20)15-13-10-6-7-11-14(13)19(22,12-8-4-3-5-9-12)25-16(15)18(21)24-2/h3-11,22H,1-2H3. The topological polar surface area (TPSA) is 72.8 Å². The molecule has 5 nitrogen and oxygen atoms in total. The van der Waals surface area contributed by atoms with Gasteiger partial charge in [-0.05, 0) is 11.1 Å². The third kappa shape index (κ3) is 2.83. The summed E-state index contributed by atoms with van der Waals surface area (Å²) in [6, 6.07) is 15.9. The smallest absolute Gasteiger partial charge is 0.345 e. The summed E-state index contributed by atoms with van der Waals surface area (Å²) in [5, 5.41) is 11.5. The van der Waals surface area contributed by atoms with Gasteiger partial charge in [-0.3, -0.25) is 0 Å². The van der Waals surface area contributed by atoms with Gasteiger partial charge in [0.1, 0.15) is 4.91 Å². The molecule has 3 rings (SSSR count). The van der Waals surface area contributed by atoms with Gasteiger partial charge in [0, 0.05) is 5.56 Å². The first kappa shape index (κ1) is 17.3. The van der Waals surface area contributed by atoms with E-state index in [1.807, 2.05) is 6.07 Å². The van der Waals surface area contributed by atoms with E-state index in [4.69, 9.17) is 9.47 Å². The SMILES string of the molecule is COC(=O)C1=C(C(=O)OC)c2ccccc2C(O)(c2ccccc2)S1. The summed E-state index contributed by atoms with van der Waals surface area (Å²) in [5.41, 5.74) is 1.65. The maximum absolute atomic E-state index is 12.3. The van der Waals surface area contributed by atoms with Crippen LogP contribution >= 0.6 is 11.8 Å². The molecule has 1 N–H and O–H groups in total. The number of aliphatic hydroxyl groups is 1. The van der Waals surface area contributed by atoms with Gasteiger partial charge < -0.3 is 14.6 Å². The Labute approximate surface area is 149 Å². The minimum Gasteiger partial charge on any atom is -0.465 e. The largest absolute Gasteiger partial charge is 0.465 e. The molecule has 1 heterocycles. The average molecular weight is 356 g/mol. The molecule has 1 aliphatic rings. The van der Waals surface area contributed by atoms with E-state index in [1.54, 1.807) is 48.5 Å². The van der Waals surface area contributed by atoms with E-state index in [0.29, 0.717) is 16.7 Å². The minimum atomic E-state index is -1.53. The van der Waals surface area contributed by atoms with E-state index < -0.39 is 16.9 Å². The first-order chi connectivity index (χ1) is 12.0. The number of hydrogen-bond donors (Lipinski definition) is 1. The van der Waals surface area contributed by atoms with Crippen molar-refractivity contribution in [2.75, 3.05) is 14.2 Å². The van der Waals surface area contributed by atoms with Crippen molar-refractivity contribution in [2.45, 2.75) is 4.93 Å². The highest BCUT2D eigenvalue weighted by atomic mass is 32.2. The Hall–Kier alpha value is -2.57. The summed E-state index contributed by atoms with van der Waals surface area (Å²) in [6.45, 7) is 0. The molecule has 0 radical (unpaired) electrons. The van der Waals surface area contributed by atoms with Crippen LogP contribution in [0.15, 0.2) is 59.5 Å². The van der Waals surface area contributed by atoms with E-state index in [9.17, 15) is 14.7 Å². The second-order valence-electron chi connectivity index (χ2n) is 5.34. The predicted molar refractivity (Wildman–Crippen MR) is 94.4 cm³/mol. The average Bonchev–Trinajstić information content (AvgIpc) is 2.67. The van der Waals surface area contributed by atoms with Crippen molar-refractivity contribution in [2.24, 2.45) is 0 Å². The lowest BCUT2D eigenvalue weighted by atomic mass is 9.91. The van der Waals surface area contributed by atoms with Crippen molar-refractivity contribution >= 4 is 29.3 Å². The van der Waals surface area contributed by atoms with Gasteiger partial charge in [0.25, 0.3) is 0 Å². The minimum absolute atomic E-state index is 0.0133. The van der Waals surface area contributed by atoms with Crippen LogP contribution in [0.1, 0.15) is 16.7 Å². The number of fused-ring (bicyclic) bond motifs is 1. The summed E-state index contributed by atoms with van der Waals surface area (Å²) >= 11 is 0.874. The normalized spacial score (nSPS) is 19.2. The second-order valence-corrected chi connectivity index (χ2v) is 6.55. The molecule has 0 aromatic heterocycles. The zero-order chi connectivity index (χ0) is 18.0. The second kappa shape index (κ2) is 6.74. The number of carbonyl (C=O) groups is 2. The molecule has 128 valence electrons. The lowest BCUT2D eigenvalue weighted by molar-refractivity contribution is -0.137. The highest BCUT2D eigenvalue weighted by Gasteiger charge is 2.44. The Morgan fingerprint density at radius 3 is 2.16 bits per heavy atom. The molecule has 1 unspecified atom stereocenters. The molecule has 0 fully saturated rings. The van der Waals surface area contributed by atoms with Crippen molar-refractivity contribution in [1.82, 2.24) is 0 Å². The summed E-state index contributed by atoms with van der Waals surface area (Å²) in [5.74, 6) is -1.36. The molecule has 25 heavy (non-hydrogen) atoms. The Morgan fingerprint density at radius 1 is 0.920 bits per heavy atom. The van der Waals surface area contributed by atoms with Crippen LogP contribution in [0.2, 0.25) is 0 Å². The van der Waals surface area contributed by atoms with Gasteiger partial charge in [0.15, 0.2) is 4.93 Å². The van der Waals surface area contributed by atoms with Crippen LogP contribution in [0.5, 0.6) is 0 Å². The number of thioether (sulfide) groups is 1. The molecular formula is C19H16O5S. The Bertz CT molecular complexity index is 859. The number of benzene rings is 2. The monoisotopic (exact) mass is 356 g/mol. The van der Waals surface area contributed by atoms with Crippen LogP contribution in [0, 0.1) is 0 Å². The number of ether oxygens (including phenoxy) is 2. The molecule has 0 saturated heterocycles. The van der Waals surface area contributed by atoms with Crippen molar-refractivity contribution < 1.29 is 24.2 Å². The van der Waals surface area contributed by atoms with E-state index in [0.717, 1.165) is 11.8 Å². The molecule has 0 saturated carbocycles. The van der Waals surface area contributed by atoms with Crippen molar-refractivity contribution in [3.05, 3.63) is 76.2 Å². The lowest BCUT2D eigenvalue weighted by Crippen LogP contribution is -2.31. The Morgan fingerprint density at radius 2 is 1.52 bits per heavy atom. The lowest BCUT2D eigenvalue weighted by Gasteiger charge is -2.35. The van der Waals surface area contributed by atoms with Crippen LogP contribution in [-0.4, -0.2) is 31.3 Å². The van der Waals surface area contributed by atoms with Crippen LogP contribution in [-0.2, 0) is 24.0 Å². The highest BCUT2D eigenvalue weighted by molar-refractivity contribution is 8.05. The molecule has 2 aromatic carbocycles. The maximum atomic E-state index is 12.3. The van der Waals surface area contributed by atoms with Crippen LogP contribution in [0.3, 0.4) is 0 Å². The van der Waals surface area contributed by atoms with Gasteiger partial charge in [-0.25, -0.2) is 9.59 Å². The van der Waals surface area contributed by atoms with Gasteiger partial charge in [0.05, 0.1) is 19.8 Å². The molecular weight excluding hydrogens is 340 g/mol. The van der Waals surface area contributed by atoms with Crippen LogP contribution < -0.4 is 0 Å². The van der Waals surface area contributed by atoms with E-state index in [1.165, 1.54) is 14.2 Å². The third-order valence-electron chi connectivity index (χ3n) is 3.96. The highest BCUT2D eigenvalue weighted by Crippen LogP contribution is 2.52. The Kier molecular flexibility index (Phi) is 4.65. The molecule has 0 amide bonds. The van der Waals surface area contributed by atoms with E-state index >= 15 is 0 Å². The quantitative estimate of drug-likeness (QED) is 0.853. The van der Waals surface area contributed by atoms with Gasteiger partial charge >= 0.3 is 11.9 Å². The van der Waals surface area contributed by atoms with Gasteiger partial charge in [-0.2, -0.15) is 0 Å².